The Kier molecular flexibility index (Phi) is 4.63. The quantitative estimate of drug-likeness (QED) is 0.433. The van der Waals surface area contributed by atoms with E-state index in [0.29, 0.717) is 12.6 Å². The third kappa shape index (κ3) is 4.26. The zero-order valence-electron chi connectivity index (χ0n) is 11.7. The van der Waals surface area contributed by atoms with Gasteiger partial charge in [-0.2, -0.15) is 5.10 Å². The Hall–Kier alpha value is -0.463. The second-order valence-corrected chi connectivity index (χ2v) is 12.9. The molecule has 1 aliphatic carbocycles. The predicted molar refractivity (Wildman–Crippen MR) is 80.9 cm³/mol. The first-order valence-corrected chi connectivity index (χ1v) is 11.2. The normalized spacial score (nSPS) is 22.5. The number of carbonyl (C=O) groups is 1. The molecule has 19 heavy (non-hydrogen) atoms. The highest BCUT2D eigenvalue weighted by atomic mass is 79.9. The Morgan fingerprint density at radius 2 is 2.32 bits per heavy atom. The second kappa shape index (κ2) is 5.89. The van der Waals surface area contributed by atoms with Gasteiger partial charge in [-0.1, -0.05) is 19.6 Å². The average Bonchev–Trinajstić information content (AvgIpc) is 3.00. The van der Waals surface area contributed by atoms with Gasteiger partial charge < -0.3 is 9.53 Å². The van der Waals surface area contributed by atoms with Crippen molar-refractivity contribution in [2.75, 3.05) is 6.61 Å². The maximum Gasteiger partial charge on any atom is 0.139 e. The van der Waals surface area contributed by atoms with E-state index in [9.17, 15) is 4.79 Å². The van der Waals surface area contributed by atoms with Gasteiger partial charge in [0.15, 0.2) is 0 Å². The van der Waals surface area contributed by atoms with Crippen molar-refractivity contribution in [3.05, 3.63) is 16.4 Å². The minimum Gasteiger partial charge on any atom is -0.360 e. The monoisotopic (exact) mass is 344 g/mol. The van der Waals surface area contributed by atoms with Gasteiger partial charge in [-0.05, 0) is 28.4 Å². The summed E-state index contributed by atoms with van der Waals surface area (Å²) < 4.78 is 8.45. The Morgan fingerprint density at radius 1 is 1.58 bits per heavy atom. The number of ether oxygens (including phenoxy) is 1. The molecule has 2 atom stereocenters. The number of aldehydes is 1. The van der Waals surface area contributed by atoms with E-state index in [-0.39, 0.29) is 5.92 Å². The molecule has 1 saturated carbocycles. The van der Waals surface area contributed by atoms with Crippen LogP contribution in [0.15, 0.2) is 10.7 Å². The van der Waals surface area contributed by atoms with E-state index in [1.165, 1.54) is 0 Å². The lowest BCUT2D eigenvalue weighted by Crippen LogP contribution is -2.22. The first kappa shape index (κ1) is 14.9. The summed E-state index contributed by atoms with van der Waals surface area (Å²) in [5.74, 6) is 0.461. The largest absolute Gasteiger partial charge is 0.360 e. The lowest BCUT2D eigenvalue weighted by Gasteiger charge is -2.15. The van der Waals surface area contributed by atoms with E-state index in [0.717, 1.165) is 35.5 Å². The molecule has 0 N–H and O–H groups in total. The van der Waals surface area contributed by atoms with Gasteiger partial charge in [0.05, 0.1) is 10.2 Å². The highest BCUT2D eigenvalue weighted by molar-refractivity contribution is 9.10. The summed E-state index contributed by atoms with van der Waals surface area (Å²) in [6.07, 6.45) is 3.89. The van der Waals surface area contributed by atoms with E-state index in [1.807, 2.05) is 10.9 Å². The number of rotatable bonds is 7. The predicted octanol–water partition coefficient (Wildman–Crippen LogP) is 3.26. The van der Waals surface area contributed by atoms with E-state index in [2.05, 4.69) is 40.7 Å². The third-order valence-electron chi connectivity index (χ3n) is 3.33. The number of hydrogen-bond acceptors (Lipinski definition) is 3. The third-order valence-corrected chi connectivity index (χ3v) is 5.64. The number of nitrogens with zero attached hydrogens (tertiary/aromatic N) is 2. The maximum atomic E-state index is 10.7. The minimum absolute atomic E-state index is 0.160. The summed E-state index contributed by atoms with van der Waals surface area (Å²) in [6, 6.07) is 1.16. The molecule has 2 rings (SSSR count). The highest BCUT2D eigenvalue weighted by Crippen LogP contribution is 2.47. The second-order valence-electron chi connectivity index (χ2n) is 6.39. The van der Waals surface area contributed by atoms with Crippen molar-refractivity contribution < 1.29 is 9.53 Å². The first-order chi connectivity index (χ1) is 8.90. The molecule has 1 aliphatic rings. The van der Waals surface area contributed by atoms with Crippen molar-refractivity contribution in [3.8, 4) is 0 Å². The van der Waals surface area contributed by atoms with Crippen molar-refractivity contribution in [2.45, 2.75) is 44.8 Å². The van der Waals surface area contributed by atoms with Crippen LogP contribution in [-0.4, -0.2) is 30.7 Å². The standard InChI is InChI=1S/C13H21BrN2O2Si/c1-19(2,3)5-4-18-9-16-7-12(14)13(15-16)11-6-10(11)8-17/h7-8,10-11H,4-6,9H2,1-3H3. The molecule has 0 saturated heterocycles. The smallest absolute Gasteiger partial charge is 0.139 e. The molecular formula is C13H21BrN2O2Si. The molecule has 0 radical (unpaired) electrons. The maximum absolute atomic E-state index is 10.7. The van der Waals surface area contributed by atoms with E-state index < -0.39 is 8.07 Å². The van der Waals surface area contributed by atoms with Crippen LogP contribution in [0.4, 0.5) is 0 Å². The van der Waals surface area contributed by atoms with Crippen molar-refractivity contribution in [2.24, 2.45) is 5.92 Å². The summed E-state index contributed by atoms with van der Waals surface area (Å²) >= 11 is 3.51. The van der Waals surface area contributed by atoms with Crippen LogP contribution in [0.1, 0.15) is 18.0 Å². The van der Waals surface area contributed by atoms with Crippen molar-refractivity contribution in [1.29, 1.82) is 0 Å². The summed E-state index contributed by atoms with van der Waals surface area (Å²) in [5.41, 5.74) is 0.992. The van der Waals surface area contributed by atoms with Gasteiger partial charge in [0.2, 0.25) is 0 Å². The summed E-state index contributed by atoms with van der Waals surface area (Å²) in [4.78, 5) is 10.7. The molecule has 106 valence electrons. The van der Waals surface area contributed by atoms with Crippen LogP contribution in [0.5, 0.6) is 0 Å². The van der Waals surface area contributed by atoms with Crippen LogP contribution in [0, 0.1) is 5.92 Å². The zero-order valence-corrected chi connectivity index (χ0v) is 14.3. The van der Waals surface area contributed by atoms with Crippen molar-refractivity contribution >= 4 is 30.3 Å². The fourth-order valence-electron chi connectivity index (χ4n) is 1.95. The molecule has 0 spiro atoms. The molecule has 1 heterocycles. The molecule has 6 heteroatoms. The zero-order chi connectivity index (χ0) is 14.0. The van der Waals surface area contributed by atoms with Gasteiger partial charge in [-0.15, -0.1) is 0 Å². The molecular weight excluding hydrogens is 324 g/mol. The first-order valence-electron chi connectivity index (χ1n) is 6.66. The molecule has 0 aliphatic heterocycles. The topological polar surface area (TPSA) is 44.1 Å². The van der Waals surface area contributed by atoms with Crippen LogP contribution < -0.4 is 0 Å². The average molecular weight is 345 g/mol. The van der Waals surface area contributed by atoms with Gasteiger partial charge in [0, 0.05) is 32.7 Å². The molecule has 2 unspecified atom stereocenters. The molecule has 0 bridgehead atoms. The van der Waals surface area contributed by atoms with E-state index >= 15 is 0 Å². The van der Waals surface area contributed by atoms with Gasteiger partial charge in [-0.25, -0.2) is 4.68 Å². The van der Waals surface area contributed by atoms with Gasteiger partial charge in [0.25, 0.3) is 0 Å². The fraction of sp³-hybridized carbons (Fsp3) is 0.692. The van der Waals surface area contributed by atoms with Gasteiger partial charge in [0.1, 0.15) is 13.0 Å². The molecule has 0 amide bonds. The van der Waals surface area contributed by atoms with Crippen molar-refractivity contribution in [3.63, 3.8) is 0 Å². The van der Waals surface area contributed by atoms with Gasteiger partial charge in [-0.3, -0.25) is 0 Å². The highest BCUT2D eigenvalue weighted by Gasteiger charge is 2.41. The van der Waals surface area contributed by atoms with Gasteiger partial charge >= 0.3 is 0 Å². The SMILES string of the molecule is C[Si](C)(C)CCOCn1cc(Br)c(C2CC2C=O)n1. The summed E-state index contributed by atoms with van der Waals surface area (Å²) in [5, 5.41) is 4.50. The van der Waals surface area contributed by atoms with Crippen LogP contribution >= 0.6 is 15.9 Å². The van der Waals surface area contributed by atoms with Crippen LogP contribution in [0.2, 0.25) is 25.7 Å². The Balaban J connectivity index is 1.82. The fourth-order valence-corrected chi connectivity index (χ4v) is 3.31. The molecule has 1 aromatic heterocycles. The van der Waals surface area contributed by atoms with E-state index in [4.69, 9.17) is 4.74 Å². The molecule has 4 nitrogen and oxygen atoms in total. The molecule has 1 fully saturated rings. The number of hydrogen-bond donors (Lipinski definition) is 0. The molecule has 1 aromatic rings. The van der Waals surface area contributed by atoms with Crippen LogP contribution in [0.3, 0.4) is 0 Å². The number of carbonyl (C=O) groups excluding carboxylic acids is 1. The minimum atomic E-state index is -1.03. The lowest BCUT2D eigenvalue weighted by molar-refractivity contribution is -0.108. The Bertz CT molecular complexity index is 456. The Morgan fingerprint density at radius 3 is 2.89 bits per heavy atom. The number of halogens is 1. The summed E-state index contributed by atoms with van der Waals surface area (Å²) in [7, 11) is -1.03. The lowest BCUT2D eigenvalue weighted by atomic mass is 10.2. The van der Waals surface area contributed by atoms with Crippen LogP contribution in [0.25, 0.3) is 0 Å². The van der Waals surface area contributed by atoms with Crippen LogP contribution in [-0.2, 0) is 16.3 Å². The van der Waals surface area contributed by atoms with Crippen molar-refractivity contribution in [1.82, 2.24) is 9.78 Å². The number of aromatic nitrogens is 2. The Labute approximate surface area is 123 Å². The molecule has 0 aromatic carbocycles. The van der Waals surface area contributed by atoms with E-state index in [1.54, 1.807) is 0 Å². The summed E-state index contributed by atoms with van der Waals surface area (Å²) in [6.45, 7) is 8.30.